The van der Waals surface area contributed by atoms with E-state index in [2.05, 4.69) is 40.5 Å². The van der Waals surface area contributed by atoms with E-state index in [1.807, 2.05) is 6.26 Å². The van der Waals surface area contributed by atoms with Crippen molar-refractivity contribution >= 4 is 5.91 Å². The first-order valence-electron chi connectivity index (χ1n) is 10.8. The Balaban J connectivity index is 1.26. The van der Waals surface area contributed by atoms with Crippen molar-refractivity contribution in [3.05, 3.63) is 59.5 Å². The number of furan rings is 1. The van der Waals surface area contributed by atoms with Crippen LogP contribution in [0.3, 0.4) is 0 Å². The predicted molar refractivity (Wildman–Crippen MR) is 109 cm³/mol. The summed E-state index contributed by atoms with van der Waals surface area (Å²) in [5, 5.41) is 3.17. The number of rotatable bonds is 6. The Morgan fingerprint density at radius 2 is 2.00 bits per heavy atom. The molecule has 5 rings (SSSR count). The van der Waals surface area contributed by atoms with E-state index < -0.39 is 0 Å². The van der Waals surface area contributed by atoms with Gasteiger partial charge in [-0.1, -0.05) is 24.3 Å². The first kappa shape index (κ1) is 18.0. The molecule has 1 amide bonds. The molecule has 1 aromatic heterocycles. The molecule has 2 heterocycles. The maximum absolute atomic E-state index is 12.5. The van der Waals surface area contributed by atoms with Gasteiger partial charge in [0.2, 0.25) is 5.91 Å². The minimum atomic E-state index is 0.237. The Labute approximate surface area is 167 Å². The van der Waals surface area contributed by atoms with Crippen LogP contribution in [0.1, 0.15) is 61.1 Å². The predicted octanol–water partition coefficient (Wildman–Crippen LogP) is 4.22. The topological polar surface area (TPSA) is 45.5 Å². The number of nitrogens with one attached hydrogen (secondary N) is 1. The molecule has 28 heavy (non-hydrogen) atoms. The molecule has 3 aliphatic rings. The van der Waals surface area contributed by atoms with E-state index in [4.69, 9.17) is 4.42 Å². The third-order valence-corrected chi connectivity index (χ3v) is 7.13. The van der Waals surface area contributed by atoms with Gasteiger partial charge in [-0.25, -0.2) is 0 Å². The van der Waals surface area contributed by atoms with Crippen LogP contribution in [0.5, 0.6) is 0 Å². The summed E-state index contributed by atoms with van der Waals surface area (Å²) in [6, 6.07) is 11.0. The normalized spacial score (nSPS) is 23.6. The maximum atomic E-state index is 12.5. The van der Waals surface area contributed by atoms with Crippen LogP contribution in [0.2, 0.25) is 0 Å². The van der Waals surface area contributed by atoms with Gasteiger partial charge in [-0.2, -0.15) is 0 Å². The Morgan fingerprint density at radius 1 is 1.18 bits per heavy atom. The van der Waals surface area contributed by atoms with E-state index in [1.54, 1.807) is 6.26 Å². The van der Waals surface area contributed by atoms with Gasteiger partial charge in [0.1, 0.15) is 0 Å². The molecule has 2 fully saturated rings. The van der Waals surface area contributed by atoms with Crippen molar-refractivity contribution in [1.82, 2.24) is 10.2 Å². The molecule has 1 atom stereocenters. The lowest BCUT2D eigenvalue weighted by molar-refractivity contribution is -0.121. The lowest BCUT2D eigenvalue weighted by Gasteiger charge is -2.40. The molecule has 2 aromatic rings. The van der Waals surface area contributed by atoms with Gasteiger partial charge < -0.3 is 9.73 Å². The third kappa shape index (κ3) is 3.62. The van der Waals surface area contributed by atoms with Crippen molar-refractivity contribution in [3.63, 3.8) is 0 Å². The minimum absolute atomic E-state index is 0.237. The fourth-order valence-corrected chi connectivity index (χ4v) is 5.34. The van der Waals surface area contributed by atoms with Gasteiger partial charge in [0.05, 0.1) is 12.5 Å². The van der Waals surface area contributed by atoms with Crippen molar-refractivity contribution in [2.24, 2.45) is 5.92 Å². The number of benzene rings is 1. The van der Waals surface area contributed by atoms with Gasteiger partial charge >= 0.3 is 0 Å². The average molecular weight is 379 g/mol. The van der Waals surface area contributed by atoms with E-state index in [0.29, 0.717) is 12.3 Å². The smallest absolute Gasteiger partial charge is 0.220 e. The van der Waals surface area contributed by atoms with Crippen molar-refractivity contribution in [2.45, 2.75) is 56.4 Å². The number of piperidine rings is 1. The molecule has 1 saturated heterocycles. The summed E-state index contributed by atoms with van der Waals surface area (Å²) >= 11 is 0. The summed E-state index contributed by atoms with van der Waals surface area (Å²) < 4.78 is 5.22. The molecule has 0 bridgehead atoms. The second-order valence-corrected chi connectivity index (χ2v) is 9.13. The zero-order chi connectivity index (χ0) is 19.0. The molecular formula is C24H30N2O2. The van der Waals surface area contributed by atoms with Gasteiger partial charge in [0, 0.05) is 25.1 Å². The number of fused-ring (bicyclic) bond motifs is 2. The average Bonchev–Trinajstić information content (AvgIpc) is 3.33. The van der Waals surface area contributed by atoms with Gasteiger partial charge in [-0.15, -0.1) is 0 Å². The fourth-order valence-electron chi connectivity index (χ4n) is 5.34. The highest BCUT2D eigenvalue weighted by molar-refractivity contribution is 5.77. The number of nitrogens with zero attached hydrogens (tertiary/aromatic N) is 1. The maximum Gasteiger partial charge on any atom is 0.220 e. The van der Waals surface area contributed by atoms with Gasteiger partial charge in [0.15, 0.2) is 0 Å². The van der Waals surface area contributed by atoms with Crippen molar-refractivity contribution in [3.8, 4) is 0 Å². The molecular weight excluding hydrogens is 348 g/mol. The molecule has 1 unspecified atom stereocenters. The third-order valence-electron chi connectivity index (χ3n) is 7.13. The summed E-state index contributed by atoms with van der Waals surface area (Å²) in [5.74, 6) is 1.35. The van der Waals surface area contributed by atoms with Crippen LogP contribution in [0.25, 0.3) is 0 Å². The SMILES string of the molecule is O=C(CC1CC2(CCN(Cc3ccoc3)CC2)c2ccccc21)NCC1CC1. The molecule has 4 nitrogen and oxygen atoms in total. The van der Waals surface area contributed by atoms with Gasteiger partial charge in [0.25, 0.3) is 0 Å². The van der Waals surface area contributed by atoms with Crippen LogP contribution in [0, 0.1) is 5.92 Å². The number of likely N-dealkylation sites (tertiary alicyclic amines) is 1. The molecule has 1 aromatic carbocycles. The van der Waals surface area contributed by atoms with E-state index in [1.165, 1.54) is 42.4 Å². The monoisotopic (exact) mass is 378 g/mol. The Kier molecular flexibility index (Phi) is 4.75. The number of carbonyl (C=O) groups is 1. The molecule has 1 aliphatic heterocycles. The van der Waals surface area contributed by atoms with Crippen LogP contribution in [-0.4, -0.2) is 30.4 Å². The van der Waals surface area contributed by atoms with Gasteiger partial charge in [-0.3, -0.25) is 9.69 Å². The highest BCUT2D eigenvalue weighted by atomic mass is 16.3. The van der Waals surface area contributed by atoms with Crippen LogP contribution in [-0.2, 0) is 16.8 Å². The largest absolute Gasteiger partial charge is 0.472 e. The summed E-state index contributed by atoms with van der Waals surface area (Å²) in [6.45, 7) is 4.07. The van der Waals surface area contributed by atoms with Crippen molar-refractivity contribution in [1.29, 1.82) is 0 Å². The molecule has 4 heteroatoms. The summed E-state index contributed by atoms with van der Waals surface area (Å²) in [4.78, 5) is 15.0. The number of carbonyl (C=O) groups excluding carboxylic acids is 1. The molecule has 2 aliphatic carbocycles. The lowest BCUT2D eigenvalue weighted by Crippen LogP contribution is -2.41. The van der Waals surface area contributed by atoms with Crippen molar-refractivity contribution < 1.29 is 9.21 Å². The van der Waals surface area contributed by atoms with E-state index in [9.17, 15) is 4.79 Å². The van der Waals surface area contributed by atoms with E-state index >= 15 is 0 Å². The number of hydrogen-bond acceptors (Lipinski definition) is 3. The lowest BCUT2D eigenvalue weighted by atomic mass is 9.73. The van der Waals surface area contributed by atoms with Crippen molar-refractivity contribution in [2.75, 3.05) is 19.6 Å². The van der Waals surface area contributed by atoms with Crippen LogP contribution in [0.4, 0.5) is 0 Å². The Morgan fingerprint density at radius 3 is 2.75 bits per heavy atom. The summed E-state index contributed by atoms with van der Waals surface area (Å²) in [6.07, 6.45) is 10.3. The fraction of sp³-hybridized carbons (Fsp3) is 0.542. The summed E-state index contributed by atoms with van der Waals surface area (Å²) in [5.41, 5.74) is 4.45. The molecule has 0 radical (unpaired) electrons. The molecule has 1 spiro atoms. The number of hydrogen-bond donors (Lipinski definition) is 1. The first-order chi connectivity index (χ1) is 13.7. The van der Waals surface area contributed by atoms with E-state index in [-0.39, 0.29) is 11.3 Å². The zero-order valence-corrected chi connectivity index (χ0v) is 16.5. The highest BCUT2D eigenvalue weighted by Crippen LogP contribution is 2.52. The summed E-state index contributed by atoms with van der Waals surface area (Å²) in [7, 11) is 0. The standard InChI is InChI=1S/C24H30N2O2/c27-23(25-15-18-5-6-18)13-20-14-24(22-4-2-1-3-21(20)22)8-10-26(11-9-24)16-19-7-12-28-17-19/h1-4,7,12,17-18,20H,5-6,8-11,13-16H2,(H,25,27). The van der Waals surface area contributed by atoms with Crippen LogP contribution >= 0.6 is 0 Å². The van der Waals surface area contributed by atoms with Crippen LogP contribution < -0.4 is 5.32 Å². The van der Waals surface area contributed by atoms with Gasteiger partial charge in [-0.05, 0) is 79.6 Å². The Bertz CT molecular complexity index is 817. The minimum Gasteiger partial charge on any atom is -0.472 e. The second-order valence-electron chi connectivity index (χ2n) is 9.13. The second kappa shape index (κ2) is 7.40. The molecule has 1 N–H and O–H groups in total. The zero-order valence-electron chi connectivity index (χ0n) is 16.5. The quantitative estimate of drug-likeness (QED) is 0.819. The van der Waals surface area contributed by atoms with E-state index in [0.717, 1.165) is 38.5 Å². The first-order valence-corrected chi connectivity index (χ1v) is 10.8. The Hall–Kier alpha value is -2.07. The van der Waals surface area contributed by atoms with Crippen LogP contribution in [0.15, 0.2) is 47.3 Å². The molecule has 1 saturated carbocycles. The number of amides is 1. The highest BCUT2D eigenvalue weighted by Gasteiger charge is 2.45. The molecule has 148 valence electrons.